The van der Waals surface area contributed by atoms with Crippen molar-refractivity contribution in [2.45, 2.75) is 38.0 Å². The summed E-state index contributed by atoms with van der Waals surface area (Å²) in [5, 5.41) is 17.0. The van der Waals surface area contributed by atoms with Crippen LogP contribution in [0.2, 0.25) is 0 Å². The van der Waals surface area contributed by atoms with Crippen molar-refractivity contribution in [3.8, 4) is 0 Å². The number of carbonyl (C=O) groups is 1. The van der Waals surface area contributed by atoms with Gasteiger partial charge in [0, 0.05) is 24.4 Å². The normalized spacial score (nSPS) is 11.1. The Bertz CT molecular complexity index is 891. The lowest BCUT2D eigenvalue weighted by Gasteiger charge is -2.06. The summed E-state index contributed by atoms with van der Waals surface area (Å²) in [4.78, 5) is 16.9. The molecule has 3 aromatic heterocycles. The number of amides is 1. The monoisotopic (exact) mass is 389 g/mol. The maximum absolute atomic E-state index is 12.6. The van der Waals surface area contributed by atoms with E-state index < -0.39 is 0 Å². The minimum absolute atomic E-state index is 0.246. The average Bonchev–Trinajstić information content (AvgIpc) is 3.21. The number of hydrogen-bond acceptors (Lipinski definition) is 8. The first-order valence-electron chi connectivity index (χ1n) is 8.15. The van der Waals surface area contributed by atoms with Crippen LogP contribution >= 0.6 is 23.1 Å². The van der Waals surface area contributed by atoms with Crippen molar-refractivity contribution >= 4 is 34.1 Å². The number of anilines is 1. The molecule has 1 N–H and O–H groups in total. The van der Waals surface area contributed by atoms with Crippen molar-refractivity contribution in [1.29, 1.82) is 0 Å². The molecule has 3 heterocycles. The van der Waals surface area contributed by atoms with Crippen molar-refractivity contribution in [3.05, 3.63) is 46.4 Å². The summed E-state index contributed by atoms with van der Waals surface area (Å²) >= 11 is 2.84. The topological polar surface area (TPSA) is 93.8 Å². The Morgan fingerprint density at radius 3 is 2.96 bits per heavy atom. The molecule has 0 spiro atoms. The molecule has 9 heteroatoms. The zero-order valence-corrected chi connectivity index (χ0v) is 16.4. The van der Waals surface area contributed by atoms with Gasteiger partial charge in [-0.05, 0) is 25.0 Å². The van der Waals surface area contributed by atoms with Gasteiger partial charge in [0.05, 0.1) is 11.3 Å². The first kappa shape index (κ1) is 18.5. The summed E-state index contributed by atoms with van der Waals surface area (Å²) in [6.07, 6.45) is 2.51. The van der Waals surface area contributed by atoms with Gasteiger partial charge >= 0.3 is 0 Å². The van der Waals surface area contributed by atoms with Gasteiger partial charge < -0.3 is 4.52 Å². The van der Waals surface area contributed by atoms with E-state index in [-0.39, 0.29) is 5.91 Å². The molecule has 3 aromatic rings. The molecule has 0 bridgehead atoms. The zero-order valence-electron chi connectivity index (χ0n) is 14.7. The van der Waals surface area contributed by atoms with Crippen LogP contribution in [0.15, 0.2) is 33.9 Å². The fourth-order valence-corrected chi connectivity index (χ4v) is 4.03. The Kier molecular flexibility index (Phi) is 6.00. The second-order valence-corrected chi connectivity index (χ2v) is 8.15. The van der Waals surface area contributed by atoms with Crippen molar-refractivity contribution in [3.63, 3.8) is 0 Å². The van der Waals surface area contributed by atoms with Crippen molar-refractivity contribution in [1.82, 2.24) is 20.3 Å². The third-order valence-electron chi connectivity index (χ3n) is 3.32. The first-order chi connectivity index (χ1) is 12.5. The minimum atomic E-state index is -0.246. The number of carbonyl (C=O) groups excluding carboxylic acids is 1. The molecule has 3 rings (SSSR count). The lowest BCUT2D eigenvalue weighted by Crippen LogP contribution is -2.13. The fourth-order valence-electron chi connectivity index (χ4n) is 2.21. The third kappa shape index (κ3) is 4.89. The summed E-state index contributed by atoms with van der Waals surface area (Å²) in [6, 6.07) is 5.35. The number of aryl methyl sites for hydroxylation is 1. The highest BCUT2D eigenvalue weighted by Gasteiger charge is 2.16. The van der Waals surface area contributed by atoms with Crippen LogP contribution in [0.5, 0.6) is 0 Å². The van der Waals surface area contributed by atoms with Gasteiger partial charge in [-0.2, -0.15) is 0 Å². The molecule has 0 aliphatic rings. The molecule has 0 saturated heterocycles. The minimum Gasteiger partial charge on any atom is -0.361 e. The van der Waals surface area contributed by atoms with E-state index in [2.05, 4.69) is 39.5 Å². The molecular weight excluding hydrogens is 370 g/mol. The van der Waals surface area contributed by atoms with Crippen LogP contribution in [0.3, 0.4) is 0 Å². The third-order valence-corrected chi connectivity index (χ3v) is 5.22. The fraction of sp³-hybridized carbons (Fsp3) is 0.353. The zero-order chi connectivity index (χ0) is 18.5. The van der Waals surface area contributed by atoms with Crippen LogP contribution in [0.4, 0.5) is 5.13 Å². The van der Waals surface area contributed by atoms with Crippen LogP contribution < -0.4 is 5.32 Å². The summed E-state index contributed by atoms with van der Waals surface area (Å²) in [5.41, 5.74) is 1.31. The number of aromatic nitrogens is 4. The Labute approximate surface area is 159 Å². The molecule has 0 aliphatic carbocycles. The lowest BCUT2D eigenvalue weighted by atomic mass is 10.1. The van der Waals surface area contributed by atoms with Crippen molar-refractivity contribution in [2.75, 3.05) is 5.32 Å². The Morgan fingerprint density at radius 2 is 2.23 bits per heavy atom. The molecule has 0 aromatic carbocycles. The van der Waals surface area contributed by atoms with Crippen LogP contribution in [-0.2, 0) is 12.2 Å². The van der Waals surface area contributed by atoms with Crippen LogP contribution in [0, 0.1) is 12.8 Å². The van der Waals surface area contributed by atoms with E-state index in [0.717, 1.165) is 22.9 Å². The van der Waals surface area contributed by atoms with Crippen LogP contribution in [0.25, 0.3) is 0 Å². The molecule has 0 saturated carbocycles. The second-order valence-electron chi connectivity index (χ2n) is 6.13. The van der Waals surface area contributed by atoms with Crippen molar-refractivity contribution < 1.29 is 9.32 Å². The Balaban J connectivity index is 1.68. The number of pyridine rings is 1. The number of thioether (sulfide) groups is 1. The number of hydrogen-bond donors (Lipinski definition) is 1. The molecule has 26 heavy (non-hydrogen) atoms. The maximum Gasteiger partial charge on any atom is 0.260 e. The SMILES string of the molecule is Cc1cc(CSc2ncccc2C(=O)Nc2nnc(CC(C)C)s2)no1. The van der Waals surface area contributed by atoms with Gasteiger partial charge in [-0.25, -0.2) is 4.98 Å². The van der Waals surface area contributed by atoms with E-state index >= 15 is 0 Å². The first-order valence-corrected chi connectivity index (χ1v) is 9.95. The van der Waals surface area contributed by atoms with Gasteiger partial charge in [0.2, 0.25) is 5.13 Å². The molecule has 1 amide bonds. The predicted octanol–water partition coefficient (Wildman–Crippen LogP) is 3.97. The largest absolute Gasteiger partial charge is 0.361 e. The molecule has 7 nitrogen and oxygen atoms in total. The average molecular weight is 390 g/mol. The van der Waals surface area contributed by atoms with E-state index in [9.17, 15) is 4.79 Å². The lowest BCUT2D eigenvalue weighted by molar-refractivity contribution is 0.102. The standard InChI is InChI=1S/C17H19N5O2S2/c1-10(2)7-14-20-21-17(26-14)19-15(23)13-5-4-6-18-16(13)25-9-12-8-11(3)24-22-12/h4-6,8,10H,7,9H2,1-3H3,(H,19,21,23). The summed E-state index contributed by atoms with van der Waals surface area (Å²) in [5.74, 6) is 1.58. The molecule has 0 atom stereocenters. The van der Waals surface area contributed by atoms with Crippen molar-refractivity contribution in [2.24, 2.45) is 5.92 Å². The molecule has 0 unspecified atom stereocenters. The quantitative estimate of drug-likeness (QED) is 0.611. The van der Waals surface area contributed by atoms with Gasteiger partial charge in [0.15, 0.2) is 0 Å². The Morgan fingerprint density at radius 1 is 1.38 bits per heavy atom. The van der Waals surface area contributed by atoms with E-state index in [0.29, 0.717) is 27.4 Å². The highest BCUT2D eigenvalue weighted by Crippen LogP contribution is 2.25. The Hall–Kier alpha value is -2.26. The molecular formula is C17H19N5O2S2. The molecule has 136 valence electrons. The van der Waals surface area contributed by atoms with Gasteiger partial charge in [0.25, 0.3) is 5.91 Å². The highest BCUT2D eigenvalue weighted by molar-refractivity contribution is 7.98. The van der Waals surface area contributed by atoms with Crippen LogP contribution in [-0.4, -0.2) is 26.2 Å². The highest BCUT2D eigenvalue weighted by atomic mass is 32.2. The number of rotatable bonds is 7. The smallest absolute Gasteiger partial charge is 0.260 e. The maximum atomic E-state index is 12.6. The predicted molar refractivity (Wildman–Crippen MR) is 101 cm³/mol. The van der Waals surface area contributed by atoms with Gasteiger partial charge in [0.1, 0.15) is 15.8 Å². The van der Waals surface area contributed by atoms with E-state index in [1.165, 1.54) is 23.1 Å². The number of nitrogens with one attached hydrogen (secondary N) is 1. The summed E-state index contributed by atoms with van der Waals surface area (Å²) in [7, 11) is 0. The summed E-state index contributed by atoms with van der Waals surface area (Å²) < 4.78 is 5.06. The second kappa shape index (κ2) is 8.41. The number of nitrogens with zero attached hydrogens (tertiary/aromatic N) is 4. The molecule has 0 radical (unpaired) electrons. The molecule has 0 fully saturated rings. The van der Waals surface area contributed by atoms with E-state index in [4.69, 9.17) is 4.52 Å². The van der Waals surface area contributed by atoms with E-state index in [1.54, 1.807) is 18.3 Å². The summed E-state index contributed by atoms with van der Waals surface area (Å²) in [6.45, 7) is 6.08. The van der Waals surface area contributed by atoms with Gasteiger partial charge in [-0.1, -0.05) is 42.1 Å². The molecule has 0 aliphatic heterocycles. The van der Waals surface area contributed by atoms with Gasteiger partial charge in [-0.3, -0.25) is 10.1 Å². The van der Waals surface area contributed by atoms with Crippen LogP contribution in [0.1, 0.15) is 40.7 Å². The van der Waals surface area contributed by atoms with E-state index in [1.807, 2.05) is 13.0 Å². The van der Waals surface area contributed by atoms with Gasteiger partial charge in [-0.15, -0.1) is 10.2 Å².